The molecule has 0 saturated carbocycles. The first-order chi connectivity index (χ1) is 8.28. The highest BCUT2D eigenvalue weighted by atomic mass is 31.2. The van der Waals surface area contributed by atoms with Crippen LogP contribution in [0.3, 0.4) is 0 Å². The average Bonchev–Trinajstić information content (AvgIpc) is 2.23. The molecule has 0 spiro atoms. The van der Waals surface area contributed by atoms with Crippen molar-refractivity contribution in [1.29, 1.82) is 0 Å². The fourth-order valence-electron chi connectivity index (χ4n) is 1.31. The van der Waals surface area contributed by atoms with Crippen LogP contribution in [0.5, 0.6) is 0 Å². The fraction of sp³-hybridized carbons (Fsp3) is 0.778. The first-order valence-electron chi connectivity index (χ1n) is 5.50. The molecular formula is C9H19N2O6P. The maximum atomic E-state index is 11.6. The standard InChI is InChI=1S/C9H19N2O6P/c10-4-1-5-11-18(16,17)6-7(9(14)15)2-3-8(12)13/h7H,1-6,10H2,(H,12,13)(H,14,15)(H2,11,16,17). The zero-order chi connectivity index (χ0) is 14.2. The molecule has 6 N–H and O–H groups in total. The predicted molar refractivity (Wildman–Crippen MR) is 64.4 cm³/mol. The van der Waals surface area contributed by atoms with E-state index in [2.05, 4.69) is 5.09 Å². The summed E-state index contributed by atoms with van der Waals surface area (Å²) in [7, 11) is -3.77. The van der Waals surface area contributed by atoms with Crippen LogP contribution in [0, 0.1) is 5.92 Å². The third-order valence-electron chi connectivity index (χ3n) is 2.26. The summed E-state index contributed by atoms with van der Waals surface area (Å²) in [6, 6.07) is 0. The molecule has 0 rings (SSSR count). The molecule has 0 aromatic carbocycles. The van der Waals surface area contributed by atoms with Crippen LogP contribution in [-0.2, 0) is 14.2 Å². The zero-order valence-electron chi connectivity index (χ0n) is 9.91. The van der Waals surface area contributed by atoms with E-state index < -0.39 is 31.5 Å². The molecule has 0 aliphatic rings. The van der Waals surface area contributed by atoms with Crippen LogP contribution in [0.4, 0.5) is 0 Å². The van der Waals surface area contributed by atoms with Crippen molar-refractivity contribution in [2.24, 2.45) is 11.7 Å². The van der Waals surface area contributed by atoms with Gasteiger partial charge in [-0.3, -0.25) is 14.2 Å². The Hall–Kier alpha value is -0.950. The second-order valence-electron chi connectivity index (χ2n) is 3.90. The Morgan fingerprint density at radius 2 is 1.94 bits per heavy atom. The normalized spacial score (nSPS) is 15.9. The van der Waals surface area contributed by atoms with Gasteiger partial charge in [0, 0.05) is 13.0 Å². The van der Waals surface area contributed by atoms with Gasteiger partial charge in [-0.25, -0.2) is 5.09 Å². The summed E-state index contributed by atoms with van der Waals surface area (Å²) in [6.07, 6.45) is -0.509. The molecule has 9 heteroatoms. The summed E-state index contributed by atoms with van der Waals surface area (Å²) < 4.78 is 11.6. The number of rotatable bonds is 10. The maximum Gasteiger partial charge on any atom is 0.307 e. The van der Waals surface area contributed by atoms with Crippen molar-refractivity contribution in [3.63, 3.8) is 0 Å². The Morgan fingerprint density at radius 3 is 2.39 bits per heavy atom. The summed E-state index contributed by atoms with van der Waals surface area (Å²) in [5.74, 6) is -3.56. The van der Waals surface area contributed by atoms with Crippen LogP contribution >= 0.6 is 7.52 Å². The Kier molecular flexibility index (Phi) is 7.77. The molecular weight excluding hydrogens is 263 g/mol. The third-order valence-corrected chi connectivity index (χ3v) is 3.92. The Labute approximate surface area is 105 Å². The van der Waals surface area contributed by atoms with E-state index in [0.29, 0.717) is 13.0 Å². The number of hydrogen-bond acceptors (Lipinski definition) is 4. The van der Waals surface area contributed by atoms with Crippen LogP contribution in [0.2, 0.25) is 0 Å². The molecule has 0 heterocycles. The van der Waals surface area contributed by atoms with Crippen molar-refractivity contribution in [1.82, 2.24) is 5.09 Å². The van der Waals surface area contributed by atoms with E-state index in [9.17, 15) is 19.0 Å². The van der Waals surface area contributed by atoms with E-state index in [4.69, 9.17) is 15.9 Å². The maximum absolute atomic E-state index is 11.6. The minimum Gasteiger partial charge on any atom is -0.481 e. The van der Waals surface area contributed by atoms with Crippen molar-refractivity contribution in [3.8, 4) is 0 Å². The number of hydrogen-bond donors (Lipinski definition) is 5. The zero-order valence-corrected chi connectivity index (χ0v) is 10.8. The summed E-state index contributed by atoms with van der Waals surface area (Å²) in [5, 5.41) is 19.7. The summed E-state index contributed by atoms with van der Waals surface area (Å²) in [4.78, 5) is 30.7. The highest BCUT2D eigenvalue weighted by molar-refractivity contribution is 7.55. The van der Waals surface area contributed by atoms with E-state index in [1.54, 1.807) is 0 Å². The van der Waals surface area contributed by atoms with Gasteiger partial charge >= 0.3 is 11.9 Å². The predicted octanol–water partition coefficient (Wildman–Crippen LogP) is -0.324. The molecule has 0 aliphatic heterocycles. The molecule has 0 aromatic heterocycles. The fourth-order valence-corrected chi connectivity index (χ4v) is 2.88. The van der Waals surface area contributed by atoms with Crippen LogP contribution < -0.4 is 10.8 Å². The van der Waals surface area contributed by atoms with E-state index in [1.165, 1.54) is 0 Å². The van der Waals surface area contributed by atoms with Crippen molar-refractivity contribution >= 4 is 19.5 Å². The minimum absolute atomic E-state index is 0.173. The third kappa shape index (κ3) is 8.19. The molecule has 106 valence electrons. The van der Waals surface area contributed by atoms with E-state index in [0.717, 1.165) is 0 Å². The molecule has 0 amide bonds. The number of aliphatic carboxylic acids is 2. The summed E-state index contributed by atoms with van der Waals surface area (Å²) in [5.41, 5.74) is 5.22. The van der Waals surface area contributed by atoms with Gasteiger partial charge in [-0.15, -0.1) is 0 Å². The Morgan fingerprint density at radius 1 is 1.33 bits per heavy atom. The van der Waals surface area contributed by atoms with Gasteiger partial charge < -0.3 is 20.8 Å². The number of carbonyl (C=O) groups is 2. The highest BCUT2D eigenvalue weighted by Gasteiger charge is 2.28. The summed E-state index contributed by atoms with van der Waals surface area (Å²) >= 11 is 0. The molecule has 18 heavy (non-hydrogen) atoms. The molecule has 8 nitrogen and oxygen atoms in total. The van der Waals surface area contributed by atoms with E-state index in [-0.39, 0.29) is 19.4 Å². The quantitative estimate of drug-likeness (QED) is 0.270. The molecule has 0 fully saturated rings. The average molecular weight is 282 g/mol. The Balaban J connectivity index is 4.33. The largest absolute Gasteiger partial charge is 0.481 e. The lowest BCUT2D eigenvalue weighted by Gasteiger charge is -2.17. The van der Waals surface area contributed by atoms with E-state index >= 15 is 0 Å². The molecule has 0 aliphatic carbocycles. The van der Waals surface area contributed by atoms with Gasteiger partial charge in [0.2, 0.25) is 0 Å². The lowest BCUT2D eigenvalue weighted by atomic mass is 10.1. The minimum atomic E-state index is -3.77. The van der Waals surface area contributed by atoms with Crippen LogP contribution in [0.25, 0.3) is 0 Å². The molecule has 0 aromatic rings. The number of nitrogens with two attached hydrogens (primary N) is 1. The molecule has 2 unspecified atom stereocenters. The molecule has 0 saturated heterocycles. The smallest absolute Gasteiger partial charge is 0.307 e. The van der Waals surface area contributed by atoms with Gasteiger partial charge in [0.1, 0.15) is 0 Å². The van der Waals surface area contributed by atoms with Crippen molar-refractivity contribution in [3.05, 3.63) is 0 Å². The van der Waals surface area contributed by atoms with Gasteiger partial charge in [-0.05, 0) is 19.4 Å². The van der Waals surface area contributed by atoms with Gasteiger partial charge in [-0.2, -0.15) is 0 Å². The van der Waals surface area contributed by atoms with Crippen LogP contribution in [0.1, 0.15) is 19.3 Å². The van der Waals surface area contributed by atoms with E-state index in [1.807, 2.05) is 0 Å². The number of nitrogens with one attached hydrogen (secondary N) is 1. The van der Waals surface area contributed by atoms with Crippen molar-refractivity contribution < 1.29 is 29.3 Å². The van der Waals surface area contributed by atoms with Crippen molar-refractivity contribution in [2.45, 2.75) is 19.3 Å². The van der Waals surface area contributed by atoms with Crippen LogP contribution in [-0.4, -0.2) is 46.3 Å². The molecule has 2 atom stereocenters. The lowest BCUT2D eigenvalue weighted by Crippen LogP contribution is -2.24. The lowest BCUT2D eigenvalue weighted by molar-refractivity contribution is -0.142. The first-order valence-corrected chi connectivity index (χ1v) is 7.34. The second kappa shape index (κ2) is 8.20. The number of carboxylic acids is 2. The monoisotopic (exact) mass is 282 g/mol. The Bertz CT molecular complexity index is 335. The summed E-state index contributed by atoms with van der Waals surface area (Å²) in [6.45, 7) is 0.573. The van der Waals surface area contributed by atoms with Crippen LogP contribution in [0.15, 0.2) is 0 Å². The topological polar surface area (TPSA) is 150 Å². The highest BCUT2D eigenvalue weighted by Crippen LogP contribution is 2.38. The van der Waals surface area contributed by atoms with Gasteiger partial charge in [0.05, 0.1) is 12.1 Å². The number of carboxylic acid groups (broad SMARTS) is 2. The van der Waals surface area contributed by atoms with Gasteiger partial charge in [0.15, 0.2) is 0 Å². The van der Waals surface area contributed by atoms with Crippen molar-refractivity contribution in [2.75, 3.05) is 19.3 Å². The SMILES string of the molecule is NCCCNP(=O)(O)CC(CCC(=O)O)C(=O)O. The molecule has 0 bridgehead atoms. The molecule has 0 radical (unpaired) electrons. The van der Waals surface area contributed by atoms with Gasteiger partial charge in [-0.1, -0.05) is 0 Å². The second-order valence-corrected chi connectivity index (χ2v) is 5.99. The van der Waals surface area contributed by atoms with Gasteiger partial charge in [0.25, 0.3) is 7.52 Å². The first kappa shape index (κ1) is 17.1.